The van der Waals surface area contributed by atoms with Crippen LogP contribution in [0.25, 0.3) is 0 Å². The van der Waals surface area contributed by atoms with Crippen LogP contribution in [0.4, 0.5) is 5.82 Å². The van der Waals surface area contributed by atoms with Crippen molar-refractivity contribution in [1.29, 1.82) is 5.26 Å². The summed E-state index contributed by atoms with van der Waals surface area (Å²) in [5.74, 6) is 0.869. The van der Waals surface area contributed by atoms with E-state index >= 15 is 0 Å². The highest BCUT2D eigenvalue weighted by Gasteiger charge is 2.19. The number of ether oxygens (including phenoxy) is 1. The lowest BCUT2D eigenvalue weighted by molar-refractivity contribution is 0.152. The zero-order chi connectivity index (χ0) is 13.1. The molecule has 0 spiro atoms. The maximum absolute atomic E-state index is 9.37. The van der Waals surface area contributed by atoms with Gasteiger partial charge in [-0.1, -0.05) is 0 Å². The molecular weight excluding hydrogens is 238 g/mol. The minimum Gasteiger partial charge on any atom is -0.380 e. The molecular formula is C15H19N3O. The standard InChI is InChI=1S/C15H19N3O/c16-11-13-10-12-4-1-2-5-14(12)17-15(13)18-6-3-8-19-9-7-18/h10H,1-9H2. The molecule has 0 N–H and O–H groups in total. The van der Waals surface area contributed by atoms with Crippen molar-refractivity contribution in [1.82, 2.24) is 4.98 Å². The quantitative estimate of drug-likeness (QED) is 0.772. The molecule has 0 aromatic carbocycles. The number of hydrogen-bond donors (Lipinski definition) is 0. The largest absolute Gasteiger partial charge is 0.380 e. The van der Waals surface area contributed by atoms with Crippen LogP contribution < -0.4 is 4.90 Å². The Morgan fingerprint density at radius 1 is 1.16 bits per heavy atom. The van der Waals surface area contributed by atoms with Crippen molar-refractivity contribution in [2.45, 2.75) is 32.1 Å². The van der Waals surface area contributed by atoms with Crippen LogP contribution in [0.5, 0.6) is 0 Å². The second kappa shape index (κ2) is 5.58. The maximum Gasteiger partial charge on any atom is 0.146 e. The Bertz CT molecular complexity index is 499. The molecule has 1 aliphatic carbocycles. The maximum atomic E-state index is 9.37. The van der Waals surface area contributed by atoms with Crippen molar-refractivity contribution >= 4 is 5.82 Å². The predicted molar refractivity (Wildman–Crippen MR) is 73.2 cm³/mol. The normalized spacial score (nSPS) is 19.4. The third-order valence-electron chi connectivity index (χ3n) is 3.92. The molecule has 2 aliphatic rings. The molecule has 0 radical (unpaired) electrons. The average Bonchev–Trinajstić information content (AvgIpc) is 2.74. The first kappa shape index (κ1) is 12.4. The summed E-state index contributed by atoms with van der Waals surface area (Å²) in [6, 6.07) is 4.38. The first-order valence-electron chi connectivity index (χ1n) is 7.14. The fraction of sp³-hybridized carbons (Fsp3) is 0.600. The summed E-state index contributed by atoms with van der Waals surface area (Å²) in [6.07, 6.45) is 5.56. The Kier molecular flexibility index (Phi) is 3.65. The minimum absolute atomic E-state index is 0.725. The summed E-state index contributed by atoms with van der Waals surface area (Å²) < 4.78 is 5.48. The van der Waals surface area contributed by atoms with Crippen molar-refractivity contribution in [2.24, 2.45) is 0 Å². The van der Waals surface area contributed by atoms with Gasteiger partial charge in [0.05, 0.1) is 12.2 Å². The number of nitriles is 1. The lowest BCUT2D eigenvalue weighted by Crippen LogP contribution is -2.28. The van der Waals surface area contributed by atoms with Crippen LogP contribution in [-0.4, -0.2) is 31.3 Å². The van der Waals surface area contributed by atoms with Crippen LogP contribution in [-0.2, 0) is 17.6 Å². The number of hydrogen-bond acceptors (Lipinski definition) is 4. The zero-order valence-corrected chi connectivity index (χ0v) is 11.2. The minimum atomic E-state index is 0.725. The lowest BCUT2D eigenvalue weighted by Gasteiger charge is -2.24. The Balaban J connectivity index is 1.96. The molecule has 1 aromatic rings. The Labute approximate surface area is 114 Å². The fourth-order valence-corrected chi connectivity index (χ4v) is 2.90. The molecule has 4 nitrogen and oxygen atoms in total. The predicted octanol–water partition coefficient (Wildman–Crippen LogP) is 2.06. The van der Waals surface area contributed by atoms with Gasteiger partial charge in [0.25, 0.3) is 0 Å². The second-order valence-electron chi connectivity index (χ2n) is 5.24. The molecule has 4 heteroatoms. The number of anilines is 1. The van der Waals surface area contributed by atoms with E-state index in [9.17, 15) is 5.26 Å². The van der Waals surface area contributed by atoms with Gasteiger partial charge in [-0.15, -0.1) is 0 Å². The number of fused-ring (bicyclic) bond motifs is 1. The van der Waals surface area contributed by atoms with Gasteiger partial charge in [-0.05, 0) is 43.7 Å². The molecule has 0 bridgehead atoms. The van der Waals surface area contributed by atoms with Crippen molar-refractivity contribution < 1.29 is 4.74 Å². The van der Waals surface area contributed by atoms with E-state index in [1.807, 2.05) is 0 Å². The lowest BCUT2D eigenvalue weighted by atomic mass is 9.95. The second-order valence-corrected chi connectivity index (χ2v) is 5.24. The van der Waals surface area contributed by atoms with Crippen LogP contribution >= 0.6 is 0 Å². The summed E-state index contributed by atoms with van der Waals surface area (Å²) in [5, 5.41) is 9.37. The van der Waals surface area contributed by atoms with Crippen LogP contribution in [0.15, 0.2) is 6.07 Å². The average molecular weight is 257 g/mol. The highest BCUT2D eigenvalue weighted by Crippen LogP contribution is 2.26. The molecule has 1 aromatic heterocycles. The first-order valence-corrected chi connectivity index (χ1v) is 7.14. The van der Waals surface area contributed by atoms with Gasteiger partial charge in [0.1, 0.15) is 11.9 Å². The topological polar surface area (TPSA) is 49.2 Å². The molecule has 19 heavy (non-hydrogen) atoms. The monoisotopic (exact) mass is 257 g/mol. The molecule has 0 saturated carbocycles. The Hall–Kier alpha value is -1.60. The summed E-state index contributed by atoms with van der Waals surface area (Å²) in [4.78, 5) is 7.01. The van der Waals surface area contributed by atoms with E-state index in [1.54, 1.807) is 0 Å². The molecule has 2 heterocycles. The smallest absolute Gasteiger partial charge is 0.146 e. The van der Waals surface area contributed by atoms with E-state index in [0.717, 1.165) is 56.9 Å². The highest BCUT2D eigenvalue weighted by molar-refractivity contribution is 5.56. The first-order chi connectivity index (χ1) is 9.38. The molecule has 1 fully saturated rings. The number of aromatic nitrogens is 1. The van der Waals surface area contributed by atoms with Crippen LogP contribution in [0.3, 0.4) is 0 Å². The molecule has 3 rings (SSSR count). The van der Waals surface area contributed by atoms with Crippen LogP contribution in [0, 0.1) is 11.3 Å². The van der Waals surface area contributed by atoms with Gasteiger partial charge < -0.3 is 9.64 Å². The van der Waals surface area contributed by atoms with Gasteiger partial charge in [-0.3, -0.25) is 0 Å². The van der Waals surface area contributed by atoms with Gasteiger partial charge >= 0.3 is 0 Å². The van der Waals surface area contributed by atoms with E-state index < -0.39 is 0 Å². The molecule has 1 aliphatic heterocycles. The van der Waals surface area contributed by atoms with Crippen molar-refractivity contribution in [3.05, 3.63) is 22.9 Å². The van der Waals surface area contributed by atoms with E-state index in [2.05, 4.69) is 17.0 Å². The van der Waals surface area contributed by atoms with Gasteiger partial charge in [0.15, 0.2) is 0 Å². The number of rotatable bonds is 1. The van der Waals surface area contributed by atoms with Crippen LogP contribution in [0.1, 0.15) is 36.1 Å². The number of aryl methyl sites for hydroxylation is 2. The van der Waals surface area contributed by atoms with Crippen molar-refractivity contribution in [3.8, 4) is 6.07 Å². The summed E-state index contributed by atoms with van der Waals surface area (Å²) in [7, 11) is 0. The van der Waals surface area contributed by atoms with Gasteiger partial charge in [-0.25, -0.2) is 4.98 Å². The Morgan fingerprint density at radius 2 is 2.05 bits per heavy atom. The van der Waals surface area contributed by atoms with E-state index in [-0.39, 0.29) is 0 Å². The molecule has 0 amide bonds. The van der Waals surface area contributed by atoms with Crippen LogP contribution in [0.2, 0.25) is 0 Å². The zero-order valence-electron chi connectivity index (χ0n) is 11.2. The Morgan fingerprint density at radius 3 is 2.95 bits per heavy atom. The number of pyridine rings is 1. The van der Waals surface area contributed by atoms with E-state index in [1.165, 1.54) is 24.1 Å². The SMILES string of the molecule is N#Cc1cc2c(nc1N1CCCOCC1)CCCC2. The van der Waals surface area contributed by atoms with E-state index in [4.69, 9.17) is 9.72 Å². The summed E-state index contributed by atoms with van der Waals surface area (Å²) >= 11 is 0. The number of nitrogens with zero attached hydrogens (tertiary/aromatic N) is 3. The van der Waals surface area contributed by atoms with E-state index in [0.29, 0.717) is 0 Å². The molecule has 1 saturated heterocycles. The summed E-state index contributed by atoms with van der Waals surface area (Å²) in [5.41, 5.74) is 3.20. The summed E-state index contributed by atoms with van der Waals surface area (Å²) in [6.45, 7) is 3.30. The van der Waals surface area contributed by atoms with Gasteiger partial charge in [-0.2, -0.15) is 5.26 Å². The third-order valence-corrected chi connectivity index (χ3v) is 3.92. The fourth-order valence-electron chi connectivity index (χ4n) is 2.90. The highest BCUT2D eigenvalue weighted by atomic mass is 16.5. The molecule has 0 atom stereocenters. The molecule has 0 unspecified atom stereocenters. The third kappa shape index (κ3) is 2.57. The van der Waals surface area contributed by atoms with Gasteiger partial charge in [0, 0.05) is 25.4 Å². The van der Waals surface area contributed by atoms with Crippen molar-refractivity contribution in [2.75, 3.05) is 31.2 Å². The molecule has 100 valence electrons. The van der Waals surface area contributed by atoms with Crippen molar-refractivity contribution in [3.63, 3.8) is 0 Å². The van der Waals surface area contributed by atoms with Gasteiger partial charge in [0.2, 0.25) is 0 Å².